The average Bonchev–Trinajstić information content (AvgIpc) is 3.00. The third kappa shape index (κ3) is 5.91. The average molecular weight is 425 g/mol. The Morgan fingerprint density at radius 3 is 3.00 bits per heavy atom. The molecular weight excluding hydrogens is 408 g/mol. The van der Waals surface area contributed by atoms with Crippen LogP contribution in [0.4, 0.5) is 5.95 Å². The monoisotopic (exact) mass is 424 g/mol. The molecule has 0 unspecified atom stereocenters. The van der Waals surface area contributed by atoms with Gasteiger partial charge >= 0.3 is 0 Å². The smallest absolute Gasteiger partial charge is 0.269 e. The van der Waals surface area contributed by atoms with Crippen molar-refractivity contribution >= 4 is 51.2 Å². The highest BCUT2D eigenvalue weighted by Crippen LogP contribution is 2.23. The van der Waals surface area contributed by atoms with Gasteiger partial charge in [0.2, 0.25) is 5.91 Å². The van der Waals surface area contributed by atoms with Crippen molar-refractivity contribution < 1.29 is 9.53 Å². The lowest BCUT2D eigenvalue weighted by Crippen LogP contribution is -2.33. The number of aryl methyl sites for hydroxylation is 1. The zero-order chi connectivity index (χ0) is 18.2. The first-order valence-corrected chi connectivity index (χ1v) is 8.63. The summed E-state index contributed by atoms with van der Waals surface area (Å²) >= 11 is 8.44. The molecule has 2 aromatic rings. The van der Waals surface area contributed by atoms with Gasteiger partial charge in [0.25, 0.3) is 5.95 Å². The number of carbonyl (C=O) groups excluding carboxylic acids is 1. The SMILES string of the molecule is CCCn1nnc(NC(=S)NC(=O)C=Cc2cc(Br)ccc2OC)n1. The third-order valence-electron chi connectivity index (χ3n) is 2.94. The van der Waals surface area contributed by atoms with Crippen molar-refractivity contribution in [3.63, 3.8) is 0 Å². The molecule has 2 rings (SSSR count). The van der Waals surface area contributed by atoms with Crippen LogP contribution in [0.1, 0.15) is 18.9 Å². The topological polar surface area (TPSA) is 94.0 Å². The Balaban J connectivity index is 1.92. The summed E-state index contributed by atoms with van der Waals surface area (Å²) in [6.45, 7) is 2.67. The van der Waals surface area contributed by atoms with Crippen molar-refractivity contribution in [3.05, 3.63) is 34.3 Å². The summed E-state index contributed by atoms with van der Waals surface area (Å²) in [6, 6.07) is 5.50. The zero-order valence-electron chi connectivity index (χ0n) is 13.7. The van der Waals surface area contributed by atoms with E-state index in [2.05, 4.69) is 42.0 Å². The predicted molar refractivity (Wildman–Crippen MR) is 102 cm³/mol. The molecule has 1 heterocycles. The van der Waals surface area contributed by atoms with E-state index in [-0.39, 0.29) is 17.0 Å². The van der Waals surface area contributed by atoms with Gasteiger partial charge in [0, 0.05) is 16.1 Å². The molecule has 0 saturated carbocycles. The number of halogens is 1. The molecular formula is C15H17BrN6O2S. The van der Waals surface area contributed by atoms with Gasteiger partial charge in [-0.05, 0) is 48.1 Å². The number of anilines is 1. The summed E-state index contributed by atoms with van der Waals surface area (Å²) < 4.78 is 6.13. The van der Waals surface area contributed by atoms with Gasteiger partial charge in [0.15, 0.2) is 5.11 Å². The van der Waals surface area contributed by atoms with E-state index in [9.17, 15) is 4.79 Å². The Morgan fingerprint density at radius 1 is 1.48 bits per heavy atom. The van der Waals surface area contributed by atoms with Crippen molar-refractivity contribution in [3.8, 4) is 5.75 Å². The number of hydrogen-bond donors (Lipinski definition) is 2. The highest BCUT2D eigenvalue weighted by molar-refractivity contribution is 9.10. The summed E-state index contributed by atoms with van der Waals surface area (Å²) in [5.41, 5.74) is 0.759. The van der Waals surface area contributed by atoms with Crippen molar-refractivity contribution in [1.29, 1.82) is 0 Å². The predicted octanol–water partition coefficient (Wildman–Crippen LogP) is 2.38. The maximum atomic E-state index is 12.0. The van der Waals surface area contributed by atoms with Crippen LogP contribution in [0.25, 0.3) is 6.08 Å². The molecule has 0 aliphatic heterocycles. The van der Waals surface area contributed by atoms with Gasteiger partial charge in [0.05, 0.1) is 13.7 Å². The number of benzene rings is 1. The second kappa shape index (κ2) is 9.23. The lowest BCUT2D eigenvalue weighted by Gasteiger charge is -2.06. The van der Waals surface area contributed by atoms with E-state index >= 15 is 0 Å². The summed E-state index contributed by atoms with van der Waals surface area (Å²) in [6.07, 6.45) is 3.89. The van der Waals surface area contributed by atoms with Crippen molar-refractivity contribution in [2.45, 2.75) is 19.9 Å². The van der Waals surface area contributed by atoms with E-state index < -0.39 is 0 Å². The number of nitrogens with zero attached hydrogens (tertiary/aromatic N) is 4. The number of thiocarbonyl (C=S) groups is 1. The Morgan fingerprint density at radius 2 is 2.28 bits per heavy atom. The van der Waals surface area contributed by atoms with Crippen molar-refractivity contribution in [2.24, 2.45) is 0 Å². The zero-order valence-corrected chi connectivity index (χ0v) is 16.1. The number of nitrogens with one attached hydrogen (secondary N) is 2. The summed E-state index contributed by atoms with van der Waals surface area (Å²) in [4.78, 5) is 13.4. The quantitative estimate of drug-likeness (QED) is 0.542. The second-order valence-electron chi connectivity index (χ2n) is 4.87. The van der Waals surface area contributed by atoms with Gasteiger partial charge < -0.3 is 4.74 Å². The molecule has 25 heavy (non-hydrogen) atoms. The van der Waals surface area contributed by atoms with Crippen LogP contribution >= 0.6 is 28.1 Å². The van der Waals surface area contributed by atoms with E-state index in [4.69, 9.17) is 17.0 Å². The van der Waals surface area contributed by atoms with Gasteiger partial charge in [-0.25, -0.2) is 0 Å². The van der Waals surface area contributed by atoms with Gasteiger partial charge in [-0.1, -0.05) is 28.0 Å². The van der Waals surface area contributed by atoms with Crippen LogP contribution in [0.15, 0.2) is 28.7 Å². The standard InChI is InChI=1S/C15H17BrN6O2S/c1-3-8-22-20-14(19-21-22)18-15(25)17-13(23)7-4-10-9-11(16)5-6-12(10)24-2/h4-7,9H,3,8H2,1-2H3,(H2,17,18,20,23,25). The minimum atomic E-state index is -0.388. The first-order valence-electron chi connectivity index (χ1n) is 7.43. The largest absolute Gasteiger partial charge is 0.496 e. The molecule has 0 radical (unpaired) electrons. The van der Waals surface area contributed by atoms with E-state index in [1.165, 1.54) is 10.9 Å². The molecule has 1 amide bonds. The molecule has 0 aliphatic carbocycles. The molecule has 0 aliphatic rings. The number of rotatable bonds is 6. The van der Waals surface area contributed by atoms with Crippen LogP contribution in [0.2, 0.25) is 0 Å². The lowest BCUT2D eigenvalue weighted by molar-refractivity contribution is -0.115. The van der Waals surface area contributed by atoms with Crippen molar-refractivity contribution in [1.82, 2.24) is 25.5 Å². The van der Waals surface area contributed by atoms with E-state index in [0.29, 0.717) is 12.3 Å². The lowest BCUT2D eigenvalue weighted by atomic mass is 10.2. The fraction of sp³-hybridized carbons (Fsp3) is 0.267. The van der Waals surface area contributed by atoms with E-state index in [1.807, 2.05) is 19.1 Å². The highest BCUT2D eigenvalue weighted by Gasteiger charge is 2.07. The van der Waals surface area contributed by atoms with Crippen LogP contribution in [0, 0.1) is 0 Å². The molecule has 0 saturated heterocycles. The highest BCUT2D eigenvalue weighted by atomic mass is 79.9. The summed E-state index contributed by atoms with van der Waals surface area (Å²) in [5.74, 6) is 0.501. The maximum absolute atomic E-state index is 12.0. The second-order valence-corrected chi connectivity index (χ2v) is 6.20. The Hall–Kier alpha value is -2.33. The van der Waals surface area contributed by atoms with Crippen LogP contribution in [-0.4, -0.2) is 38.3 Å². The van der Waals surface area contributed by atoms with Crippen LogP contribution in [-0.2, 0) is 11.3 Å². The molecule has 10 heteroatoms. The van der Waals surface area contributed by atoms with E-state index in [1.54, 1.807) is 19.3 Å². The minimum Gasteiger partial charge on any atom is -0.496 e. The Bertz CT molecular complexity index is 792. The maximum Gasteiger partial charge on any atom is 0.269 e. The summed E-state index contributed by atoms with van der Waals surface area (Å²) in [7, 11) is 1.57. The van der Waals surface area contributed by atoms with Gasteiger partial charge in [-0.2, -0.15) is 4.80 Å². The van der Waals surface area contributed by atoms with Crippen LogP contribution in [0.3, 0.4) is 0 Å². The first kappa shape index (κ1) is 19.0. The molecule has 2 N–H and O–H groups in total. The number of carbonyl (C=O) groups is 1. The van der Waals surface area contributed by atoms with Gasteiger partial charge in [0.1, 0.15) is 5.75 Å². The number of ether oxygens (including phenoxy) is 1. The van der Waals surface area contributed by atoms with Crippen LogP contribution < -0.4 is 15.4 Å². The molecule has 0 atom stereocenters. The number of tetrazole rings is 1. The fourth-order valence-electron chi connectivity index (χ4n) is 1.88. The van der Waals surface area contributed by atoms with E-state index in [0.717, 1.165) is 16.5 Å². The number of aromatic nitrogens is 4. The fourth-order valence-corrected chi connectivity index (χ4v) is 2.45. The Kier molecular flexibility index (Phi) is 7.02. The van der Waals surface area contributed by atoms with Crippen LogP contribution in [0.5, 0.6) is 5.75 Å². The van der Waals surface area contributed by atoms with Gasteiger partial charge in [-0.3, -0.25) is 15.4 Å². The Labute approximate surface area is 158 Å². The molecule has 0 spiro atoms. The number of methoxy groups -OCH3 is 1. The number of hydrogen-bond acceptors (Lipinski definition) is 6. The molecule has 0 bridgehead atoms. The first-order chi connectivity index (χ1) is 12.0. The molecule has 1 aromatic heterocycles. The molecule has 1 aromatic carbocycles. The minimum absolute atomic E-state index is 0.0897. The number of amides is 1. The van der Waals surface area contributed by atoms with Crippen molar-refractivity contribution in [2.75, 3.05) is 12.4 Å². The molecule has 8 nitrogen and oxygen atoms in total. The molecule has 0 fully saturated rings. The summed E-state index contributed by atoms with van der Waals surface area (Å²) in [5, 5.41) is 17.0. The normalized spacial score (nSPS) is 10.7. The van der Waals surface area contributed by atoms with Gasteiger partial charge in [-0.15, -0.1) is 5.10 Å². The molecule has 132 valence electrons. The third-order valence-corrected chi connectivity index (χ3v) is 3.64.